The molecule has 2 saturated heterocycles. The Hall–Kier alpha value is -0.815. The van der Waals surface area contributed by atoms with Crippen molar-refractivity contribution in [2.45, 2.75) is 38.5 Å². The quantitative estimate of drug-likeness (QED) is 0.542. The number of carbonyl (C=O) groups excluding carboxylic acids is 1. The van der Waals surface area contributed by atoms with Gasteiger partial charge >= 0.3 is 0 Å². The van der Waals surface area contributed by atoms with Crippen LogP contribution in [0, 0.1) is 16.6 Å². The normalized spacial score (nSPS) is 30.7. The molecule has 1 atom stereocenters. The Morgan fingerprint density at radius 3 is 2.64 bits per heavy atom. The van der Waals surface area contributed by atoms with Crippen LogP contribution in [0.2, 0.25) is 12.6 Å². The molecule has 1 unspecified atom stereocenters. The lowest BCUT2D eigenvalue weighted by Gasteiger charge is -2.31. The van der Waals surface area contributed by atoms with Crippen molar-refractivity contribution in [3.05, 3.63) is 0 Å². The van der Waals surface area contributed by atoms with E-state index in [1.807, 2.05) is 6.92 Å². The Balaban J connectivity index is 2.07. The van der Waals surface area contributed by atoms with Crippen LogP contribution in [0.3, 0.4) is 0 Å². The van der Waals surface area contributed by atoms with Gasteiger partial charge < -0.3 is 4.74 Å². The highest BCUT2D eigenvalue weighted by molar-refractivity contribution is 6.67. The third-order valence-electron chi connectivity index (χ3n) is 3.63. The van der Waals surface area contributed by atoms with Crippen LogP contribution in [0.1, 0.15) is 19.8 Å². The van der Waals surface area contributed by atoms with Crippen molar-refractivity contribution in [3.63, 3.8) is 0 Å². The second kappa shape index (κ2) is 3.40. The maximum atomic E-state index is 11.9. The van der Waals surface area contributed by atoms with Gasteiger partial charge in [-0.2, -0.15) is 0 Å². The van der Waals surface area contributed by atoms with Crippen molar-refractivity contribution in [1.82, 2.24) is 0 Å². The number of rotatable bonds is 0. The first-order valence-corrected chi connectivity index (χ1v) is 5.23. The first-order chi connectivity index (χ1) is 6.68. The fraction of sp³-hybridized carbons (Fsp3) is 0.800. The molecule has 14 heavy (non-hydrogen) atoms. The summed E-state index contributed by atoms with van der Waals surface area (Å²) in [5.74, 6) is 2.54. The van der Waals surface area contributed by atoms with E-state index >= 15 is 0 Å². The van der Waals surface area contributed by atoms with Crippen LogP contribution in [0.15, 0.2) is 0 Å². The highest BCUT2D eigenvalue weighted by Crippen LogP contribution is 2.42. The Morgan fingerprint density at radius 1 is 1.57 bits per heavy atom. The number of hydrogen-bond donors (Lipinski definition) is 0. The van der Waals surface area contributed by atoms with Gasteiger partial charge in [-0.25, -0.2) is 5.26 Å². The number of nitriles is 1. The molecule has 4 heteroatoms. The smallest absolute Gasteiger partial charge is 0.267 e. The van der Waals surface area contributed by atoms with E-state index in [0.29, 0.717) is 6.61 Å². The predicted octanol–water partition coefficient (Wildman–Crippen LogP) is 1.31. The molecule has 0 radical (unpaired) electrons. The minimum atomic E-state index is -0.229. The minimum Gasteiger partial charge on any atom is -0.370 e. The molecule has 1 spiro atoms. The zero-order chi connectivity index (χ0) is 10.2. The molecule has 0 aromatic rings. The number of Topliss-reactive ketones (excluding diaryl/α,β-unsaturated/α-hetero) is 1. The van der Waals surface area contributed by atoms with Gasteiger partial charge in [0.1, 0.15) is 6.10 Å². The SMILES string of the molecule is CC1OCC2(CCB(C#N)CC2)C1=O. The van der Waals surface area contributed by atoms with Gasteiger partial charge in [-0.1, -0.05) is 12.6 Å². The second-order valence-corrected chi connectivity index (χ2v) is 4.50. The molecule has 0 N–H and O–H groups in total. The summed E-state index contributed by atoms with van der Waals surface area (Å²) in [4.78, 5) is 11.9. The third kappa shape index (κ3) is 1.36. The lowest BCUT2D eigenvalue weighted by molar-refractivity contribution is -0.127. The molecule has 2 aliphatic heterocycles. The summed E-state index contributed by atoms with van der Waals surface area (Å²) in [5, 5.41) is 8.77. The van der Waals surface area contributed by atoms with Crippen molar-refractivity contribution in [1.29, 1.82) is 5.26 Å². The zero-order valence-corrected chi connectivity index (χ0v) is 8.45. The van der Waals surface area contributed by atoms with E-state index in [0.717, 1.165) is 25.5 Å². The van der Waals surface area contributed by atoms with E-state index in [9.17, 15) is 4.79 Å². The van der Waals surface area contributed by atoms with Gasteiger partial charge in [0.2, 0.25) is 0 Å². The molecule has 2 fully saturated rings. The van der Waals surface area contributed by atoms with Gasteiger partial charge in [0.15, 0.2) is 5.78 Å². The van der Waals surface area contributed by atoms with Gasteiger partial charge in [0.05, 0.1) is 12.0 Å². The minimum absolute atomic E-state index is 0.157. The van der Waals surface area contributed by atoms with Crippen LogP contribution in [-0.2, 0) is 9.53 Å². The van der Waals surface area contributed by atoms with Gasteiger partial charge in [0.25, 0.3) is 6.71 Å². The zero-order valence-electron chi connectivity index (χ0n) is 8.45. The van der Waals surface area contributed by atoms with E-state index in [1.54, 1.807) is 0 Å². The highest BCUT2D eigenvalue weighted by Gasteiger charge is 2.49. The van der Waals surface area contributed by atoms with E-state index in [-0.39, 0.29) is 24.0 Å². The molecule has 0 aromatic heterocycles. The van der Waals surface area contributed by atoms with Crippen LogP contribution in [0.5, 0.6) is 0 Å². The number of ketones is 1. The van der Waals surface area contributed by atoms with Crippen LogP contribution < -0.4 is 0 Å². The monoisotopic (exact) mass is 191 g/mol. The first-order valence-electron chi connectivity index (χ1n) is 5.23. The maximum Gasteiger partial charge on any atom is 0.267 e. The fourth-order valence-corrected chi connectivity index (χ4v) is 2.55. The lowest BCUT2D eigenvalue weighted by Crippen LogP contribution is -2.37. The molecule has 2 rings (SSSR count). The standard InChI is InChI=1S/C10H14BNO2/c1-8-9(13)10(6-14-8)2-4-11(7-12)5-3-10/h8H,2-6H2,1H3. The second-order valence-electron chi connectivity index (χ2n) is 4.50. The maximum absolute atomic E-state index is 11.9. The van der Waals surface area contributed by atoms with Crippen LogP contribution >= 0.6 is 0 Å². The topological polar surface area (TPSA) is 50.1 Å². The van der Waals surface area contributed by atoms with Gasteiger partial charge in [-0.05, 0) is 19.8 Å². The molecule has 74 valence electrons. The molecular formula is C10H14BNO2. The molecule has 2 aliphatic rings. The Labute approximate surface area is 84.5 Å². The summed E-state index contributed by atoms with van der Waals surface area (Å²) in [6.45, 7) is 2.56. The van der Waals surface area contributed by atoms with Crippen LogP contribution in [0.4, 0.5) is 0 Å². The highest BCUT2D eigenvalue weighted by atomic mass is 16.5. The molecular weight excluding hydrogens is 177 g/mol. The molecule has 0 amide bonds. The number of carbonyl (C=O) groups is 1. The van der Waals surface area contributed by atoms with Crippen molar-refractivity contribution in [3.8, 4) is 5.97 Å². The van der Waals surface area contributed by atoms with Crippen LogP contribution in [-0.4, -0.2) is 25.2 Å². The summed E-state index contributed by atoms with van der Waals surface area (Å²) in [7, 11) is 0. The summed E-state index contributed by atoms with van der Waals surface area (Å²) in [5.41, 5.74) is -0.229. The third-order valence-corrected chi connectivity index (χ3v) is 3.63. The molecule has 3 nitrogen and oxygen atoms in total. The number of hydrogen-bond acceptors (Lipinski definition) is 3. The number of nitrogens with zero attached hydrogens (tertiary/aromatic N) is 1. The molecule has 0 aromatic carbocycles. The molecule has 2 heterocycles. The van der Waals surface area contributed by atoms with E-state index < -0.39 is 0 Å². The van der Waals surface area contributed by atoms with E-state index in [2.05, 4.69) is 5.97 Å². The summed E-state index contributed by atoms with van der Waals surface area (Å²) >= 11 is 0. The largest absolute Gasteiger partial charge is 0.370 e. The Kier molecular flexibility index (Phi) is 2.36. The average Bonchev–Trinajstić information content (AvgIpc) is 2.49. The van der Waals surface area contributed by atoms with Gasteiger partial charge in [-0.3, -0.25) is 4.79 Å². The van der Waals surface area contributed by atoms with Crippen molar-refractivity contribution < 1.29 is 9.53 Å². The molecule has 0 bridgehead atoms. The summed E-state index contributed by atoms with van der Waals surface area (Å²) in [6, 6.07) is 0. The Bertz CT molecular complexity index is 289. The average molecular weight is 191 g/mol. The van der Waals surface area contributed by atoms with Crippen molar-refractivity contribution >= 4 is 12.5 Å². The van der Waals surface area contributed by atoms with E-state index in [1.165, 1.54) is 0 Å². The number of ether oxygens (including phenoxy) is 1. The lowest BCUT2D eigenvalue weighted by atomic mass is 9.39. The first kappa shape index (κ1) is 9.73. The van der Waals surface area contributed by atoms with Crippen molar-refractivity contribution in [2.24, 2.45) is 5.41 Å². The molecule has 0 aliphatic carbocycles. The van der Waals surface area contributed by atoms with Gasteiger partial charge in [-0.15, -0.1) is 0 Å². The van der Waals surface area contributed by atoms with E-state index in [4.69, 9.17) is 10.00 Å². The summed E-state index contributed by atoms with van der Waals surface area (Å²) < 4.78 is 5.39. The predicted molar refractivity (Wildman–Crippen MR) is 53.1 cm³/mol. The fourth-order valence-electron chi connectivity index (χ4n) is 2.55. The van der Waals surface area contributed by atoms with Gasteiger partial charge in [0, 0.05) is 5.97 Å². The Morgan fingerprint density at radius 2 is 2.21 bits per heavy atom. The van der Waals surface area contributed by atoms with Crippen molar-refractivity contribution in [2.75, 3.05) is 6.61 Å². The molecule has 0 saturated carbocycles. The van der Waals surface area contributed by atoms with Crippen LogP contribution in [0.25, 0.3) is 0 Å². The summed E-state index contributed by atoms with van der Waals surface area (Å²) in [6.07, 6.45) is 3.17.